The summed E-state index contributed by atoms with van der Waals surface area (Å²) in [4.78, 5) is 0. The maximum Gasteiger partial charge on any atom is 0.290 e. The van der Waals surface area contributed by atoms with E-state index in [1.807, 2.05) is 0 Å². The summed E-state index contributed by atoms with van der Waals surface area (Å²) in [7, 11) is 1.10. The Morgan fingerprint density at radius 3 is 1.72 bits per heavy atom. The van der Waals surface area contributed by atoms with E-state index in [4.69, 9.17) is 0 Å². The Labute approximate surface area is 116 Å². The molecular formula is C12H30B3N3. The first kappa shape index (κ1) is 16.1. The normalized spacial score (nSPS) is 20.4. The number of rotatable bonds is 4. The van der Waals surface area contributed by atoms with Crippen LogP contribution in [-0.2, 0) is 0 Å². The van der Waals surface area contributed by atoms with E-state index >= 15 is 0 Å². The van der Waals surface area contributed by atoms with E-state index in [1.54, 1.807) is 0 Å². The molecule has 18 heavy (non-hydrogen) atoms. The number of hydrogen-bond acceptors (Lipinski definition) is 3. The zero-order valence-electron chi connectivity index (χ0n) is 13.6. The summed E-state index contributed by atoms with van der Waals surface area (Å²) in [5.74, 6) is 0. The van der Waals surface area contributed by atoms with Gasteiger partial charge < -0.3 is 14.2 Å². The van der Waals surface area contributed by atoms with Crippen molar-refractivity contribution in [2.75, 3.05) is 0 Å². The zero-order chi connectivity index (χ0) is 14.0. The third kappa shape index (κ3) is 3.15. The summed E-state index contributed by atoms with van der Waals surface area (Å²) in [6.07, 6.45) is 1.20. The average molecular weight is 249 g/mol. The highest BCUT2D eigenvalue weighted by Gasteiger charge is 2.45. The van der Waals surface area contributed by atoms with Crippen molar-refractivity contribution in [2.45, 2.75) is 79.7 Å². The van der Waals surface area contributed by atoms with Crippen molar-refractivity contribution in [3.05, 3.63) is 0 Å². The van der Waals surface area contributed by atoms with E-state index in [9.17, 15) is 0 Å². The molecule has 0 aromatic heterocycles. The molecule has 1 rings (SSSR count). The fourth-order valence-corrected chi connectivity index (χ4v) is 3.32. The first-order chi connectivity index (χ1) is 8.31. The van der Waals surface area contributed by atoms with Crippen LogP contribution in [0.3, 0.4) is 0 Å². The van der Waals surface area contributed by atoms with Crippen molar-refractivity contribution in [1.82, 2.24) is 14.2 Å². The first-order valence-corrected chi connectivity index (χ1v) is 7.60. The van der Waals surface area contributed by atoms with Crippen LogP contribution in [0, 0.1) is 0 Å². The largest absolute Gasteiger partial charge is 0.358 e. The van der Waals surface area contributed by atoms with Crippen molar-refractivity contribution in [3.8, 4) is 0 Å². The molecule has 0 unspecified atom stereocenters. The van der Waals surface area contributed by atoms with E-state index in [1.165, 1.54) is 6.32 Å². The Morgan fingerprint density at radius 1 is 0.889 bits per heavy atom. The van der Waals surface area contributed by atoms with E-state index < -0.39 is 0 Å². The Kier molecular flexibility index (Phi) is 5.82. The molecule has 0 N–H and O–H groups in total. The fourth-order valence-electron chi connectivity index (χ4n) is 3.32. The van der Waals surface area contributed by atoms with Gasteiger partial charge in [-0.1, -0.05) is 55.3 Å². The smallest absolute Gasteiger partial charge is 0.290 e. The third-order valence-electron chi connectivity index (χ3n) is 4.25. The van der Waals surface area contributed by atoms with Gasteiger partial charge in [0, 0.05) is 0 Å². The first-order valence-electron chi connectivity index (χ1n) is 7.60. The van der Waals surface area contributed by atoms with Gasteiger partial charge in [0.25, 0.3) is 21.5 Å². The molecule has 0 aromatic rings. The quantitative estimate of drug-likeness (QED) is 0.705. The van der Waals surface area contributed by atoms with Crippen LogP contribution in [-0.4, -0.2) is 53.8 Å². The molecule has 102 valence electrons. The predicted molar refractivity (Wildman–Crippen MR) is 85.9 cm³/mol. The highest BCUT2D eigenvalue weighted by molar-refractivity contribution is 6.80. The van der Waals surface area contributed by atoms with E-state index in [-0.39, 0.29) is 0 Å². The molecule has 1 fully saturated rings. The molecule has 3 nitrogen and oxygen atoms in total. The van der Waals surface area contributed by atoms with Gasteiger partial charge in [-0.2, -0.15) is 0 Å². The van der Waals surface area contributed by atoms with Gasteiger partial charge in [-0.05, 0) is 24.4 Å². The van der Waals surface area contributed by atoms with Crippen LogP contribution in [0.5, 0.6) is 0 Å². The Morgan fingerprint density at radius 2 is 1.39 bits per heavy atom. The molecule has 0 saturated carbocycles. The summed E-state index contributed by atoms with van der Waals surface area (Å²) in [6, 6.07) is 1.79. The SMILES string of the molecule is CCB1N(C(C)C)BN(C(C)C)B(C)N1C(C)C. The summed E-state index contributed by atoms with van der Waals surface area (Å²) >= 11 is 0. The van der Waals surface area contributed by atoms with Gasteiger partial charge >= 0.3 is 0 Å². The molecule has 0 atom stereocenters. The van der Waals surface area contributed by atoms with Crippen LogP contribution in [0.4, 0.5) is 0 Å². The van der Waals surface area contributed by atoms with Crippen molar-refractivity contribution in [3.63, 3.8) is 0 Å². The molecule has 0 aromatic carbocycles. The molecular weight excluding hydrogens is 219 g/mol. The van der Waals surface area contributed by atoms with Gasteiger partial charge in [-0.15, -0.1) is 0 Å². The Bertz CT molecular complexity index is 261. The number of nitrogens with zero attached hydrogens (tertiary/aromatic N) is 3. The summed E-state index contributed by atoms with van der Waals surface area (Å²) in [6.45, 7) is 19.7. The lowest BCUT2D eigenvalue weighted by Crippen LogP contribution is -2.75. The fraction of sp³-hybridized carbons (Fsp3) is 1.00. The summed E-state index contributed by atoms with van der Waals surface area (Å²) in [5, 5.41) is 0. The van der Waals surface area contributed by atoms with Gasteiger partial charge in [-0.25, -0.2) is 0 Å². The van der Waals surface area contributed by atoms with Gasteiger partial charge in [0.05, 0.1) is 0 Å². The van der Waals surface area contributed by atoms with Crippen LogP contribution in [0.1, 0.15) is 48.5 Å². The molecule has 1 heterocycles. The maximum atomic E-state index is 2.67. The minimum Gasteiger partial charge on any atom is -0.358 e. The standard InChI is InChI=1S/C12H30B3N3/c1-9-15-17(11(4)5)13-16(10(2)3)14(8)18(15)12(6)7/h10-13H,9H2,1-8H3. The highest BCUT2D eigenvalue weighted by atomic mass is 15.3. The zero-order valence-corrected chi connectivity index (χ0v) is 13.6. The molecule has 6 heteroatoms. The minimum absolute atomic E-state index is 0.532. The third-order valence-corrected chi connectivity index (χ3v) is 4.25. The molecule has 1 saturated heterocycles. The van der Waals surface area contributed by atoms with Crippen molar-refractivity contribution >= 4 is 21.5 Å². The molecule has 0 aliphatic carbocycles. The topological polar surface area (TPSA) is 9.72 Å². The van der Waals surface area contributed by atoms with E-state index in [0.717, 1.165) is 7.55 Å². The monoisotopic (exact) mass is 249 g/mol. The molecule has 0 spiro atoms. The minimum atomic E-state index is 0.532. The average Bonchev–Trinajstić information content (AvgIpc) is 2.26. The van der Waals surface area contributed by atoms with Gasteiger partial charge in [0.2, 0.25) is 0 Å². The second-order valence-corrected chi connectivity index (χ2v) is 6.42. The van der Waals surface area contributed by atoms with E-state index in [2.05, 4.69) is 69.5 Å². The Balaban J connectivity index is 3.02. The lowest BCUT2D eigenvalue weighted by atomic mass is 9.47. The second kappa shape index (κ2) is 6.49. The summed E-state index contributed by atoms with van der Waals surface area (Å²) < 4.78 is 7.91. The molecule has 0 amide bonds. The molecule has 0 bridgehead atoms. The maximum absolute atomic E-state index is 2.67. The van der Waals surface area contributed by atoms with Gasteiger partial charge in [0.15, 0.2) is 0 Å². The van der Waals surface area contributed by atoms with Crippen molar-refractivity contribution < 1.29 is 0 Å². The molecule has 1 aliphatic rings. The lowest BCUT2D eigenvalue weighted by molar-refractivity contribution is 0.358. The van der Waals surface area contributed by atoms with E-state index in [0.29, 0.717) is 32.1 Å². The van der Waals surface area contributed by atoms with Gasteiger partial charge in [-0.3, -0.25) is 0 Å². The van der Waals surface area contributed by atoms with Crippen LogP contribution in [0.2, 0.25) is 13.1 Å². The number of hydrogen-bond donors (Lipinski definition) is 0. The van der Waals surface area contributed by atoms with Crippen LogP contribution >= 0.6 is 0 Å². The van der Waals surface area contributed by atoms with Crippen molar-refractivity contribution in [2.24, 2.45) is 0 Å². The molecule has 1 aliphatic heterocycles. The highest BCUT2D eigenvalue weighted by Crippen LogP contribution is 2.23. The van der Waals surface area contributed by atoms with Crippen molar-refractivity contribution in [1.29, 1.82) is 0 Å². The summed E-state index contributed by atoms with van der Waals surface area (Å²) in [5.41, 5.74) is 0. The second-order valence-electron chi connectivity index (χ2n) is 6.42. The van der Waals surface area contributed by atoms with Gasteiger partial charge in [0.1, 0.15) is 0 Å². The van der Waals surface area contributed by atoms with Crippen LogP contribution < -0.4 is 0 Å². The van der Waals surface area contributed by atoms with Crippen LogP contribution in [0.15, 0.2) is 0 Å². The Hall–Kier alpha value is 0.0748. The van der Waals surface area contributed by atoms with Crippen LogP contribution in [0.25, 0.3) is 0 Å². The molecule has 0 radical (unpaired) electrons. The predicted octanol–water partition coefficient (Wildman–Crippen LogP) is 2.02. The lowest BCUT2D eigenvalue weighted by Gasteiger charge is -2.54.